The van der Waals surface area contributed by atoms with Crippen LogP contribution in [0.4, 0.5) is 10.1 Å². The predicted molar refractivity (Wildman–Crippen MR) is 129 cm³/mol. The average Bonchev–Trinajstić information content (AvgIpc) is 3.33. The summed E-state index contributed by atoms with van der Waals surface area (Å²) in [5, 5.41) is 4.54. The molecule has 34 heavy (non-hydrogen) atoms. The van der Waals surface area contributed by atoms with E-state index in [1.165, 1.54) is 12.1 Å². The summed E-state index contributed by atoms with van der Waals surface area (Å²) in [6.07, 6.45) is 1.68. The van der Waals surface area contributed by atoms with Gasteiger partial charge in [0.2, 0.25) is 0 Å². The number of para-hydroxylation sites is 1. The van der Waals surface area contributed by atoms with Gasteiger partial charge in [-0.1, -0.05) is 48.5 Å². The highest BCUT2D eigenvalue weighted by Gasteiger charge is 2.27. The molecule has 7 heteroatoms. The van der Waals surface area contributed by atoms with Gasteiger partial charge in [-0.25, -0.2) is 9.07 Å². The first kappa shape index (κ1) is 21.7. The van der Waals surface area contributed by atoms with Gasteiger partial charge in [0, 0.05) is 31.9 Å². The van der Waals surface area contributed by atoms with Gasteiger partial charge in [-0.15, -0.1) is 0 Å². The Bertz CT molecular complexity index is 1230. The summed E-state index contributed by atoms with van der Waals surface area (Å²) in [5.41, 5.74) is 3.06. The average molecular weight is 457 g/mol. The van der Waals surface area contributed by atoms with Gasteiger partial charge in [0.25, 0.3) is 5.91 Å². The lowest BCUT2D eigenvalue weighted by molar-refractivity contribution is 0.0735. The summed E-state index contributed by atoms with van der Waals surface area (Å²) in [7, 11) is 0. The number of benzene rings is 3. The Morgan fingerprint density at radius 3 is 2.15 bits per heavy atom. The van der Waals surface area contributed by atoms with Crippen molar-refractivity contribution in [1.29, 1.82) is 0 Å². The minimum Gasteiger partial charge on any atom is -0.485 e. The number of piperazine rings is 1. The molecule has 0 bridgehead atoms. The maximum Gasteiger partial charge on any atom is 0.278 e. The molecule has 1 saturated heterocycles. The maximum atomic E-state index is 13.5. The number of hydrogen-bond acceptors (Lipinski definition) is 4. The van der Waals surface area contributed by atoms with Crippen LogP contribution in [0, 0.1) is 5.82 Å². The van der Waals surface area contributed by atoms with Crippen LogP contribution in [0.5, 0.6) is 5.75 Å². The van der Waals surface area contributed by atoms with Crippen molar-refractivity contribution in [3.63, 3.8) is 0 Å². The van der Waals surface area contributed by atoms with E-state index in [0.717, 1.165) is 24.3 Å². The molecular formula is C27H25FN4O2. The maximum absolute atomic E-state index is 13.5. The smallest absolute Gasteiger partial charge is 0.278 e. The normalized spacial score (nSPS) is 13.7. The van der Waals surface area contributed by atoms with Crippen LogP contribution in [0.3, 0.4) is 0 Å². The minimum atomic E-state index is -0.330. The topological polar surface area (TPSA) is 50.6 Å². The monoisotopic (exact) mass is 456 g/mol. The van der Waals surface area contributed by atoms with Crippen LogP contribution in [0.25, 0.3) is 5.69 Å². The third kappa shape index (κ3) is 4.78. The summed E-state index contributed by atoms with van der Waals surface area (Å²) in [5.74, 6) is -0.0932. The van der Waals surface area contributed by atoms with Gasteiger partial charge in [-0.2, -0.15) is 5.10 Å². The molecule has 0 N–H and O–H groups in total. The number of rotatable bonds is 6. The lowest BCUT2D eigenvalue weighted by Crippen LogP contribution is -2.49. The van der Waals surface area contributed by atoms with Crippen LogP contribution in [-0.2, 0) is 6.61 Å². The molecule has 5 rings (SSSR count). The first-order valence-corrected chi connectivity index (χ1v) is 11.3. The number of hydrogen-bond donors (Lipinski definition) is 0. The molecule has 0 aliphatic carbocycles. The fraction of sp³-hybridized carbons (Fsp3) is 0.185. The SMILES string of the molecule is O=C(c1nn(-c2ccc(F)cc2)cc1OCc1ccccc1)N1CCN(c2ccccc2)CC1. The summed E-state index contributed by atoms with van der Waals surface area (Å²) < 4.78 is 21.0. The Kier molecular flexibility index (Phi) is 6.25. The Labute approximate surface area is 197 Å². The van der Waals surface area contributed by atoms with E-state index < -0.39 is 0 Å². The molecule has 0 unspecified atom stereocenters. The molecule has 2 heterocycles. The number of anilines is 1. The molecule has 0 radical (unpaired) electrons. The molecule has 172 valence electrons. The van der Waals surface area contributed by atoms with Gasteiger partial charge < -0.3 is 14.5 Å². The summed E-state index contributed by atoms with van der Waals surface area (Å²) >= 11 is 0. The van der Waals surface area contributed by atoms with Crippen molar-refractivity contribution in [2.45, 2.75) is 6.61 Å². The first-order valence-electron chi connectivity index (χ1n) is 11.3. The van der Waals surface area contributed by atoms with Crippen LogP contribution < -0.4 is 9.64 Å². The predicted octanol–water partition coefficient (Wildman–Crippen LogP) is 4.55. The lowest BCUT2D eigenvalue weighted by Gasteiger charge is -2.35. The van der Waals surface area contributed by atoms with Crippen LogP contribution in [0.2, 0.25) is 0 Å². The van der Waals surface area contributed by atoms with Gasteiger partial charge in [0.05, 0.1) is 11.9 Å². The van der Waals surface area contributed by atoms with Crippen LogP contribution >= 0.6 is 0 Å². The minimum absolute atomic E-state index is 0.170. The number of nitrogens with zero attached hydrogens (tertiary/aromatic N) is 4. The largest absolute Gasteiger partial charge is 0.485 e. The van der Waals surface area contributed by atoms with Gasteiger partial charge in [-0.05, 0) is 42.0 Å². The number of amides is 1. The first-order chi connectivity index (χ1) is 16.7. The Morgan fingerprint density at radius 2 is 1.47 bits per heavy atom. The van der Waals surface area contributed by atoms with E-state index in [1.807, 2.05) is 53.4 Å². The van der Waals surface area contributed by atoms with Crippen molar-refractivity contribution < 1.29 is 13.9 Å². The Hall–Kier alpha value is -4.13. The number of carbonyl (C=O) groups excluding carboxylic acids is 1. The summed E-state index contributed by atoms with van der Waals surface area (Å²) in [6.45, 7) is 2.99. The van der Waals surface area contributed by atoms with Crippen molar-refractivity contribution in [1.82, 2.24) is 14.7 Å². The van der Waals surface area contributed by atoms with Crippen molar-refractivity contribution in [3.8, 4) is 11.4 Å². The van der Waals surface area contributed by atoms with E-state index in [-0.39, 0.29) is 17.4 Å². The molecule has 1 aliphatic heterocycles. The molecular weight excluding hydrogens is 431 g/mol. The molecule has 6 nitrogen and oxygen atoms in total. The highest BCUT2D eigenvalue weighted by Crippen LogP contribution is 2.24. The molecule has 3 aromatic carbocycles. The van der Waals surface area contributed by atoms with E-state index in [2.05, 4.69) is 22.1 Å². The van der Waals surface area contributed by atoms with Crippen molar-refractivity contribution >= 4 is 11.6 Å². The molecule has 0 atom stereocenters. The number of halogens is 1. The number of carbonyl (C=O) groups is 1. The molecule has 1 aromatic heterocycles. The molecule has 0 saturated carbocycles. The second kappa shape index (κ2) is 9.79. The second-order valence-electron chi connectivity index (χ2n) is 8.15. The number of aromatic nitrogens is 2. The highest BCUT2D eigenvalue weighted by molar-refractivity contribution is 5.95. The zero-order valence-electron chi connectivity index (χ0n) is 18.7. The van der Waals surface area contributed by atoms with E-state index in [1.54, 1.807) is 23.0 Å². The third-order valence-corrected chi connectivity index (χ3v) is 5.90. The van der Waals surface area contributed by atoms with Gasteiger partial charge in [-0.3, -0.25) is 4.79 Å². The van der Waals surface area contributed by atoms with Crippen molar-refractivity contribution in [2.24, 2.45) is 0 Å². The molecule has 1 fully saturated rings. The van der Waals surface area contributed by atoms with Crippen LogP contribution in [-0.4, -0.2) is 46.8 Å². The molecule has 0 spiro atoms. The number of ether oxygens (including phenoxy) is 1. The van der Waals surface area contributed by atoms with E-state index in [9.17, 15) is 9.18 Å². The summed E-state index contributed by atoms with van der Waals surface area (Å²) in [4.78, 5) is 17.5. The quantitative estimate of drug-likeness (QED) is 0.427. The fourth-order valence-electron chi connectivity index (χ4n) is 4.03. The zero-order chi connectivity index (χ0) is 23.3. The molecule has 1 amide bonds. The van der Waals surface area contributed by atoms with E-state index in [4.69, 9.17) is 4.74 Å². The third-order valence-electron chi connectivity index (χ3n) is 5.90. The second-order valence-corrected chi connectivity index (χ2v) is 8.15. The lowest BCUT2D eigenvalue weighted by atomic mass is 10.2. The Balaban J connectivity index is 1.36. The van der Waals surface area contributed by atoms with E-state index >= 15 is 0 Å². The van der Waals surface area contributed by atoms with Crippen molar-refractivity contribution in [2.75, 3.05) is 31.1 Å². The molecule has 1 aliphatic rings. The fourth-order valence-corrected chi connectivity index (χ4v) is 4.03. The van der Waals surface area contributed by atoms with Gasteiger partial charge >= 0.3 is 0 Å². The van der Waals surface area contributed by atoms with Crippen LogP contribution in [0.15, 0.2) is 91.1 Å². The van der Waals surface area contributed by atoms with E-state index in [0.29, 0.717) is 31.1 Å². The summed E-state index contributed by atoms with van der Waals surface area (Å²) in [6, 6.07) is 25.9. The van der Waals surface area contributed by atoms with Gasteiger partial charge in [0.15, 0.2) is 11.4 Å². The van der Waals surface area contributed by atoms with Crippen molar-refractivity contribution in [3.05, 3.63) is 108 Å². The zero-order valence-corrected chi connectivity index (χ0v) is 18.7. The highest BCUT2D eigenvalue weighted by atomic mass is 19.1. The molecule has 4 aromatic rings. The van der Waals surface area contributed by atoms with Crippen LogP contribution in [0.1, 0.15) is 16.1 Å². The standard InChI is InChI=1S/C27H25FN4O2/c28-22-11-13-24(14-12-22)32-19-25(34-20-21-7-3-1-4-8-21)26(29-32)27(33)31-17-15-30(16-18-31)23-9-5-2-6-10-23/h1-14,19H,15-18,20H2. The Morgan fingerprint density at radius 1 is 0.824 bits per heavy atom. The van der Waals surface area contributed by atoms with Gasteiger partial charge in [0.1, 0.15) is 12.4 Å².